The summed E-state index contributed by atoms with van der Waals surface area (Å²) in [6, 6.07) is 22.0. The first-order valence-corrected chi connectivity index (χ1v) is 8.64. The molecule has 2 nitrogen and oxygen atoms in total. The van der Waals surface area contributed by atoms with Crippen LogP contribution in [-0.4, -0.2) is 30.2 Å². The SMILES string of the molecule is C=C(C1=CC2COCC(C1)N2Cc1ccccc1)c1ccccc1. The molecule has 4 rings (SSSR count). The standard InChI is InChI=1S/C22H23NO/c1-17(19-10-6-3-7-11-19)20-12-21-15-24-16-22(13-20)23(21)14-18-8-4-2-5-9-18/h2-12,21-22H,1,13-16H2. The molecule has 2 aliphatic heterocycles. The van der Waals surface area contributed by atoms with Crippen LogP contribution in [0, 0.1) is 0 Å². The molecule has 2 unspecified atom stereocenters. The lowest BCUT2D eigenvalue weighted by Gasteiger charge is -2.45. The number of ether oxygens (including phenoxy) is 1. The van der Waals surface area contributed by atoms with Gasteiger partial charge in [-0.05, 0) is 28.7 Å². The Labute approximate surface area is 144 Å². The summed E-state index contributed by atoms with van der Waals surface area (Å²) in [7, 11) is 0. The van der Waals surface area contributed by atoms with E-state index in [-0.39, 0.29) is 0 Å². The van der Waals surface area contributed by atoms with E-state index in [9.17, 15) is 0 Å². The van der Waals surface area contributed by atoms with E-state index in [0.29, 0.717) is 12.1 Å². The summed E-state index contributed by atoms with van der Waals surface area (Å²) >= 11 is 0. The van der Waals surface area contributed by atoms with Gasteiger partial charge in [0.05, 0.1) is 19.3 Å². The second kappa shape index (κ2) is 6.76. The number of morpholine rings is 1. The van der Waals surface area contributed by atoms with E-state index in [1.54, 1.807) is 0 Å². The zero-order valence-corrected chi connectivity index (χ0v) is 13.9. The first-order valence-electron chi connectivity index (χ1n) is 8.64. The monoisotopic (exact) mass is 317 g/mol. The highest BCUT2D eigenvalue weighted by atomic mass is 16.5. The number of nitrogens with zero attached hydrogens (tertiary/aromatic N) is 1. The van der Waals surface area contributed by atoms with Crippen LogP contribution in [0.15, 0.2) is 78.9 Å². The molecule has 2 atom stereocenters. The average Bonchev–Trinajstić information content (AvgIpc) is 2.62. The quantitative estimate of drug-likeness (QED) is 0.833. The van der Waals surface area contributed by atoms with E-state index < -0.39 is 0 Å². The first-order chi connectivity index (χ1) is 11.8. The predicted molar refractivity (Wildman–Crippen MR) is 98.6 cm³/mol. The van der Waals surface area contributed by atoms with Crippen LogP contribution >= 0.6 is 0 Å². The van der Waals surface area contributed by atoms with Crippen LogP contribution in [0.3, 0.4) is 0 Å². The summed E-state index contributed by atoms with van der Waals surface area (Å²) in [5, 5.41) is 0. The Hall–Kier alpha value is -2.16. The highest BCUT2D eigenvalue weighted by Gasteiger charge is 2.35. The van der Waals surface area contributed by atoms with E-state index in [4.69, 9.17) is 4.74 Å². The Balaban J connectivity index is 1.57. The van der Waals surface area contributed by atoms with Crippen molar-refractivity contribution in [2.75, 3.05) is 13.2 Å². The third-order valence-corrected chi connectivity index (χ3v) is 5.06. The van der Waals surface area contributed by atoms with Gasteiger partial charge in [-0.1, -0.05) is 73.3 Å². The van der Waals surface area contributed by atoms with Crippen molar-refractivity contribution in [3.8, 4) is 0 Å². The van der Waals surface area contributed by atoms with E-state index in [1.807, 2.05) is 0 Å². The average molecular weight is 317 g/mol. The Morgan fingerprint density at radius 1 is 1.00 bits per heavy atom. The van der Waals surface area contributed by atoms with Gasteiger partial charge < -0.3 is 4.74 Å². The smallest absolute Gasteiger partial charge is 0.0658 e. The zero-order chi connectivity index (χ0) is 16.4. The third-order valence-electron chi connectivity index (χ3n) is 5.06. The Morgan fingerprint density at radius 3 is 2.42 bits per heavy atom. The van der Waals surface area contributed by atoms with Gasteiger partial charge in [-0.15, -0.1) is 0 Å². The molecular weight excluding hydrogens is 294 g/mol. The highest BCUT2D eigenvalue weighted by molar-refractivity contribution is 5.77. The van der Waals surface area contributed by atoms with Crippen molar-refractivity contribution in [3.63, 3.8) is 0 Å². The third kappa shape index (κ3) is 3.08. The summed E-state index contributed by atoms with van der Waals surface area (Å²) < 4.78 is 5.82. The van der Waals surface area contributed by atoms with E-state index in [1.165, 1.54) is 16.7 Å². The molecule has 0 spiro atoms. The minimum Gasteiger partial charge on any atom is -0.378 e. The van der Waals surface area contributed by atoms with Crippen molar-refractivity contribution in [3.05, 3.63) is 90.0 Å². The first kappa shape index (κ1) is 15.4. The van der Waals surface area contributed by atoms with Crippen LogP contribution in [0.5, 0.6) is 0 Å². The zero-order valence-electron chi connectivity index (χ0n) is 13.9. The van der Waals surface area contributed by atoms with Crippen molar-refractivity contribution in [1.82, 2.24) is 4.90 Å². The van der Waals surface area contributed by atoms with E-state index >= 15 is 0 Å². The number of benzene rings is 2. The van der Waals surface area contributed by atoms with Crippen LogP contribution in [-0.2, 0) is 11.3 Å². The van der Waals surface area contributed by atoms with Gasteiger partial charge >= 0.3 is 0 Å². The minimum atomic E-state index is 0.341. The van der Waals surface area contributed by atoms with Crippen molar-refractivity contribution in [1.29, 1.82) is 0 Å². The lowest BCUT2D eigenvalue weighted by Crippen LogP contribution is -2.53. The number of hydrogen-bond acceptors (Lipinski definition) is 2. The largest absolute Gasteiger partial charge is 0.378 e. The number of hydrogen-bond donors (Lipinski definition) is 0. The second-order valence-corrected chi connectivity index (χ2v) is 6.66. The molecule has 2 heteroatoms. The Morgan fingerprint density at radius 2 is 1.71 bits per heavy atom. The molecule has 2 aromatic carbocycles. The molecule has 2 aliphatic rings. The van der Waals surface area contributed by atoms with Crippen molar-refractivity contribution in [2.45, 2.75) is 25.0 Å². The molecule has 1 fully saturated rings. The molecule has 2 aromatic rings. The summed E-state index contributed by atoms with van der Waals surface area (Å²) in [6.45, 7) is 6.93. The summed E-state index contributed by atoms with van der Waals surface area (Å²) in [5.74, 6) is 0. The van der Waals surface area contributed by atoms with Gasteiger partial charge in [0.25, 0.3) is 0 Å². The summed E-state index contributed by atoms with van der Waals surface area (Å²) in [5.41, 5.74) is 5.13. The molecule has 2 bridgehead atoms. The van der Waals surface area contributed by atoms with Crippen LogP contribution in [0.25, 0.3) is 5.57 Å². The van der Waals surface area contributed by atoms with Gasteiger partial charge in [0.15, 0.2) is 0 Å². The van der Waals surface area contributed by atoms with Crippen molar-refractivity contribution >= 4 is 5.57 Å². The number of allylic oxidation sites excluding steroid dienone is 1. The van der Waals surface area contributed by atoms with Crippen LogP contribution in [0.2, 0.25) is 0 Å². The van der Waals surface area contributed by atoms with Gasteiger partial charge in [0.2, 0.25) is 0 Å². The highest BCUT2D eigenvalue weighted by Crippen LogP contribution is 2.34. The molecule has 0 aromatic heterocycles. The maximum absolute atomic E-state index is 5.82. The van der Waals surface area contributed by atoms with Gasteiger partial charge in [0, 0.05) is 12.6 Å². The van der Waals surface area contributed by atoms with Crippen LogP contribution < -0.4 is 0 Å². The minimum absolute atomic E-state index is 0.341. The predicted octanol–water partition coefficient (Wildman–Crippen LogP) is 4.30. The number of fused-ring (bicyclic) bond motifs is 2. The maximum Gasteiger partial charge on any atom is 0.0658 e. The topological polar surface area (TPSA) is 12.5 Å². The molecule has 122 valence electrons. The van der Waals surface area contributed by atoms with Crippen LogP contribution in [0.1, 0.15) is 17.5 Å². The molecule has 0 aliphatic carbocycles. The lowest BCUT2D eigenvalue weighted by molar-refractivity contribution is -0.0430. The molecular formula is C22H23NO. The number of rotatable bonds is 4. The van der Waals surface area contributed by atoms with Gasteiger partial charge in [0.1, 0.15) is 0 Å². The Bertz CT molecular complexity index is 735. The van der Waals surface area contributed by atoms with Gasteiger partial charge in [-0.25, -0.2) is 0 Å². The molecule has 1 saturated heterocycles. The van der Waals surface area contributed by atoms with E-state index in [2.05, 4.69) is 78.2 Å². The molecule has 0 amide bonds. The van der Waals surface area contributed by atoms with E-state index in [0.717, 1.165) is 31.8 Å². The summed E-state index contributed by atoms with van der Waals surface area (Å²) in [4.78, 5) is 2.58. The second-order valence-electron chi connectivity index (χ2n) is 6.66. The molecule has 24 heavy (non-hydrogen) atoms. The normalized spacial score (nSPS) is 23.6. The maximum atomic E-state index is 5.82. The molecule has 0 radical (unpaired) electrons. The van der Waals surface area contributed by atoms with Crippen molar-refractivity contribution in [2.24, 2.45) is 0 Å². The fourth-order valence-electron chi connectivity index (χ4n) is 3.75. The molecule has 0 saturated carbocycles. The lowest BCUT2D eigenvalue weighted by atomic mass is 9.87. The van der Waals surface area contributed by atoms with Gasteiger partial charge in [-0.3, -0.25) is 4.90 Å². The van der Waals surface area contributed by atoms with Gasteiger partial charge in [-0.2, -0.15) is 0 Å². The fraction of sp³-hybridized carbons (Fsp3) is 0.273. The fourth-order valence-corrected chi connectivity index (χ4v) is 3.75. The van der Waals surface area contributed by atoms with Crippen molar-refractivity contribution < 1.29 is 4.74 Å². The molecule has 2 heterocycles. The summed E-state index contributed by atoms with van der Waals surface area (Å²) in [6.07, 6.45) is 3.38. The Kier molecular flexibility index (Phi) is 4.33. The molecule has 0 N–H and O–H groups in total. The van der Waals surface area contributed by atoms with Crippen LogP contribution in [0.4, 0.5) is 0 Å².